The van der Waals surface area contributed by atoms with Gasteiger partial charge in [0.2, 0.25) is 0 Å². The molecule has 29 heavy (non-hydrogen) atoms. The van der Waals surface area contributed by atoms with Crippen molar-refractivity contribution >= 4 is 34.9 Å². The van der Waals surface area contributed by atoms with Gasteiger partial charge in [-0.2, -0.15) is 0 Å². The van der Waals surface area contributed by atoms with Crippen LogP contribution in [0.1, 0.15) is 28.8 Å². The Morgan fingerprint density at radius 2 is 2.07 bits per heavy atom. The molecule has 9 heteroatoms. The Hall–Kier alpha value is -3.13. The van der Waals surface area contributed by atoms with Crippen LogP contribution in [0.5, 0.6) is 0 Å². The molecule has 0 radical (unpaired) electrons. The second-order valence-corrected chi connectivity index (χ2v) is 7.02. The number of benzene rings is 2. The molecule has 1 saturated heterocycles. The fourth-order valence-corrected chi connectivity index (χ4v) is 3.56. The molecule has 152 valence electrons. The van der Waals surface area contributed by atoms with Crippen LogP contribution in [0.15, 0.2) is 42.5 Å². The van der Waals surface area contributed by atoms with Gasteiger partial charge >= 0.3 is 5.97 Å². The Kier molecular flexibility index (Phi) is 6.33. The van der Waals surface area contributed by atoms with Gasteiger partial charge in [0.25, 0.3) is 11.6 Å². The summed E-state index contributed by atoms with van der Waals surface area (Å²) in [5.41, 5.74) is 0.992. The maximum atomic E-state index is 12.8. The molecule has 0 spiro atoms. The van der Waals surface area contributed by atoms with Gasteiger partial charge in [-0.3, -0.25) is 14.9 Å². The van der Waals surface area contributed by atoms with E-state index in [0.717, 1.165) is 5.56 Å². The van der Waals surface area contributed by atoms with Crippen LogP contribution in [0.4, 0.5) is 11.4 Å². The smallest absolute Gasteiger partial charge is 0.328 e. The molecule has 2 aromatic rings. The Bertz CT molecular complexity index is 949. The Morgan fingerprint density at radius 1 is 1.31 bits per heavy atom. The summed E-state index contributed by atoms with van der Waals surface area (Å²) in [6.45, 7) is 0.698. The summed E-state index contributed by atoms with van der Waals surface area (Å²) in [7, 11) is 1.27. The van der Waals surface area contributed by atoms with Crippen LogP contribution in [0, 0.1) is 10.1 Å². The third-order valence-electron chi connectivity index (χ3n) is 4.86. The summed E-state index contributed by atoms with van der Waals surface area (Å²) in [5.74, 6) is -0.915. The van der Waals surface area contributed by atoms with Gasteiger partial charge < -0.3 is 15.0 Å². The van der Waals surface area contributed by atoms with Crippen LogP contribution < -0.4 is 5.32 Å². The molecule has 1 fully saturated rings. The van der Waals surface area contributed by atoms with Crippen LogP contribution in [-0.4, -0.2) is 41.4 Å². The zero-order chi connectivity index (χ0) is 21.0. The van der Waals surface area contributed by atoms with Crippen molar-refractivity contribution in [3.8, 4) is 0 Å². The summed E-state index contributed by atoms with van der Waals surface area (Å²) in [6, 6.07) is 10.7. The third-order valence-corrected chi connectivity index (χ3v) is 5.22. The van der Waals surface area contributed by atoms with Crippen molar-refractivity contribution in [2.75, 3.05) is 19.0 Å². The molecule has 0 aromatic heterocycles. The van der Waals surface area contributed by atoms with Gasteiger partial charge in [-0.25, -0.2) is 4.79 Å². The molecule has 1 heterocycles. The third kappa shape index (κ3) is 4.48. The van der Waals surface area contributed by atoms with Crippen LogP contribution in [0.3, 0.4) is 0 Å². The Morgan fingerprint density at radius 3 is 2.76 bits per heavy atom. The van der Waals surface area contributed by atoms with Crippen molar-refractivity contribution in [1.82, 2.24) is 4.90 Å². The number of nitrogens with one attached hydrogen (secondary N) is 1. The second-order valence-electron chi connectivity index (χ2n) is 6.61. The van der Waals surface area contributed by atoms with E-state index in [1.165, 1.54) is 30.2 Å². The predicted octanol–water partition coefficient (Wildman–Crippen LogP) is 3.64. The average Bonchev–Trinajstić information content (AvgIpc) is 3.21. The number of esters is 1. The summed E-state index contributed by atoms with van der Waals surface area (Å²) in [6.07, 6.45) is 1.18. The number of ether oxygens (including phenoxy) is 1. The van der Waals surface area contributed by atoms with Crippen molar-refractivity contribution in [2.24, 2.45) is 0 Å². The quantitative estimate of drug-likeness (QED) is 0.437. The highest BCUT2D eigenvalue weighted by atomic mass is 35.5. The first kappa shape index (κ1) is 20.6. The monoisotopic (exact) mass is 417 g/mol. The summed E-state index contributed by atoms with van der Waals surface area (Å²) in [5, 5.41) is 15.1. The number of halogens is 1. The summed E-state index contributed by atoms with van der Waals surface area (Å²) in [4.78, 5) is 37.1. The van der Waals surface area contributed by atoms with Crippen molar-refractivity contribution in [3.63, 3.8) is 0 Å². The van der Waals surface area contributed by atoms with Gasteiger partial charge in [0.1, 0.15) is 11.7 Å². The largest absolute Gasteiger partial charge is 0.467 e. The van der Waals surface area contributed by atoms with Crippen LogP contribution in [0.25, 0.3) is 0 Å². The second kappa shape index (κ2) is 8.91. The number of anilines is 1. The van der Waals surface area contributed by atoms with E-state index in [1.54, 1.807) is 12.1 Å². The lowest BCUT2D eigenvalue weighted by Gasteiger charge is -2.22. The summed E-state index contributed by atoms with van der Waals surface area (Å²) < 4.78 is 4.75. The standard InChI is InChI=1S/C20H20ClN3O5/c1-29-20(26)17-7-4-10-23(17)19(25)13-8-9-16(18(11-13)24(27)28)22-12-14-5-2-3-6-15(14)21/h2-3,5-6,8-9,11,17,22H,4,7,10,12H2,1H3. The molecule has 1 aliphatic heterocycles. The van der Waals surface area contributed by atoms with Gasteiger partial charge in [0.15, 0.2) is 0 Å². The first-order valence-corrected chi connectivity index (χ1v) is 9.44. The lowest BCUT2D eigenvalue weighted by molar-refractivity contribution is -0.384. The van der Waals surface area contributed by atoms with E-state index in [4.69, 9.17) is 16.3 Å². The van der Waals surface area contributed by atoms with E-state index < -0.39 is 22.8 Å². The van der Waals surface area contributed by atoms with Gasteiger partial charge in [-0.05, 0) is 36.6 Å². The number of rotatable bonds is 6. The van der Waals surface area contributed by atoms with Gasteiger partial charge in [-0.15, -0.1) is 0 Å². The number of hydrogen-bond donors (Lipinski definition) is 1. The van der Waals surface area contributed by atoms with E-state index >= 15 is 0 Å². The van der Waals surface area contributed by atoms with Crippen molar-refractivity contribution in [2.45, 2.75) is 25.4 Å². The Balaban J connectivity index is 1.82. The first-order chi connectivity index (χ1) is 13.9. The number of carbonyl (C=O) groups is 2. The van der Waals surface area contributed by atoms with Crippen LogP contribution >= 0.6 is 11.6 Å². The number of nitrogens with zero attached hydrogens (tertiary/aromatic N) is 2. The van der Waals surface area contributed by atoms with E-state index in [-0.39, 0.29) is 16.9 Å². The van der Waals surface area contributed by atoms with Gasteiger partial charge in [0.05, 0.1) is 12.0 Å². The highest BCUT2D eigenvalue weighted by Gasteiger charge is 2.35. The minimum absolute atomic E-state index is 0.149. The molecule has 1 aliphatic rings. The molecule has 1 atom stereocenters. The van der Waals surface area contributed by atoms with Gasteiger partial charge in [0, 0.05) is 29.7 Å². The van der Waals surface area contributed by atoms with Crippen molar-refractivity contribution in [3.05, 3.63) is 68.7 Å². The summed E-state index contributed by atoms with van der Waals surface area (Å²) >= 11 is 6.12. The van der Waals surface area contributed by atoms with E-state index in [0.29, 0.717) is 31.0 Å². The molecular formula is C20H20ClN3O5. The number of methoxy groups -OCH3 is 1. The number of nitro benzene ring substituents is 1. The molecule has 2 aromatic carbocycles. The number of amides is 1. The molecule has 0 aliphatic carbocycles. The minimum Gasteiger partial charge on any atom is -0.467 e. The van der Waals surface area contributed by atoms with E-state index in [9.17, 15) is 19.7 Å². The molecule has 1 unspecified atom stereocenters. The SMILES string of the molecule is COC(=O)C1CCCN1C(=O)c1ccc(NCc2ccccc2Cl)c([N+](=O)[O-])c1. The average molecular weight is 418 g/mol. The molecule has 0 bridgehead atoms. The topological polar surface area (TPSA) is 102 Å². The molecule has 1 amide bonds. The molecule has 1 N–H and O–H groups in total. The Labute approximate surface area is 172 Å². The fraction of sp³-hybridized carbons (Fsp3) is 0.300. The zero-order valence-electron chi connectivity index (χ0n) is 15.8. The molecule has 0 saturated carbocycles. The van der Waals surface area contributed by atoms with Crippen molar-refractivity contribution < 1.29 is 19.2 Å². The number of likely N-dealkylation sites (tertiary alicyclic amines) is 1. The number of nitro groups is 1. The van der Waals surface area contributed by atoms with E-state index in [2.05, 4.69) is 5.32 Å². The number of hydrogen-bond acceptors (Lipinski definition) is 6. The highest BCUT2D eigenvalue weighted by molar-refractivity contribution is 6.31. The first-order valence-electron chi connectivity index (χ1n) is 9.07. The molecule has 8 nitrogen and oxygen atoms in total. The van der Waals surface area contributed by atoms with Crippen LogP contribution in [-0.2, 0) is 16.1 Å². The maximum Gasteiger partial charge on any atom is 0.328 e. The fourth-order valence-electron chi connectivity index (χ4n) is 3.35. The highest BCUT2D eigenvalue weighted by Crippen LogP contribution is 2.29. The lowest BCUT2D eigenvalue weighted by atomic mass is 10.1. The number of carbonyl (C=O) groups excluding carboxylic acids is 2. The van der Waals surface area contributed by atoms with E-state index in [1.807, 2.05) is 12.1 Å². The normalized spacial score (nSPS) is 15.8. The van der Waals surface area contributed by atoms with Crippen LogP contribution in [0.2, 0.25) is 5.02 Å². The van der Waals surface area contributed by atoms with Crippen molar-refractivity contribution in [1.29, 1.82) is 0 Å². The molecular weight excluding hydrogens is 398 g/mol. The minimum atomic E-state index is -0.662. The predicted molar refractivity (Wildman–Crippen MR) is 108 cm³/mol. The zero-order valence-corrected chi connectivity index (χ0v) is 16.5. The lowest BCUT2D eigenvalue weighted by Crippen LogP contribution is -2.41. The van der Waals surface area contributed by atoms with Gasteiger partial charge in [-0.1, -0.05) is 29.8 Å². The maximum absolute atomic E-state index is 12.8. The molecule has 3 rings (SSSR count).